The number of ether oxygens (including phenoxy) is 2. The predicted molar refractivity (Wildman–Crippen MR) is 71.4 cm³/mol. The molecule has 2 rings (SSSR count). The van der Waals surface area contributed by atoms with Crippen molar-refractivity contribution in [2.75, 3.05) is 20.3 Å². The molecule has 0 heterocycles. The van der Waals surface area contributed by atoms with Crippen LogP contribution in [-0.2, 0) is 4.74 Å². The summed E-state index contributed by atoms with van der Waals surface area (Å²) in [6.07, 6.45) is 1.84. The third-order valence-electron chi connectivity index (χ3n) is 2.68. The van der Waals surface area contributed by atoms with E-state index in [1.54, 1.807) is 7.11 Å². The number of methoxy groups -OCH3 is 1. The molecule has 88 valence electrons. The van der Waals surface area contributed by atoms with Crippen LogP contribution >= 0.6 is 0 Å². The summed E-state index contributed by atoms with van der Waals surface area (Å²) in [5.41, 5.74) is 1.04. The molecule has 0 atom stereocenters. The molecule has 0 bridgehead atoms. The van der Waals surface area contributed by atoms with E-state index in [9.17, 15) is 0 Å². The van der Waals surface area contributed by atoms with Gasteiger partial charge < -0.3 is 9.47 Å². The monoisotopic (exact) mass is 228 g/mol. The van der Waals surface area contributed by atoms with Gasteiger partial charge in [0.15, 0.2) is 0 Å². The van der Waals surface area contributed by atoms with Gasteiger partial charge in [-0.2, -0.15) is 0 Å². The number of hydrogen-bond acceptors (Lipinski definition) is 2. The Bertz CT molecular complexity index is 517. The highest BCUT2D eigenvalue weighted by Gasteiger charge is 2.05. The summed E-state index contributed by atoms with van der Waals surface area (Å²) in [7, 11) is 1.66. The lowest BCUT2D eigenvalue weighted by atomic mass is 10.0. The Kier molecular flexibility index (Phi) is 3.78. The zero-order valence-electron chi connectivity index (χ0n) is 9.98. The first-order valence-corrected chi connectivity index (χ1v) is 5.62. The molecule has 0 aliphatic rings. The SMILES string of the molecule is C=Cc1c(OCCOC)ccc2ccccc12. The van der Waals surface area contributed by atoms with Crippen LogP contribution in [0.2, 0.25) is 0 Å². The quantitative estimate of drug-likeness (QED) is 0.729. The molecule has 2 aromatic carbocycles. The first-order chi connectivity index (χ1) is 8.36. The molecule has 2 heteroatoms. The summed E-state index contributed by atoms with van der Waals surface area (Å²) < 4.78 is 10.7. The molecule has 0 aromatic heterocycles. The van der Waals surface area contributed by atoms with Gasteiger partial charge in [0.05, 0.1) is 6.61 Å². The van der Waals surface area contributed by atoms with Gasteiger partial charge in [0.25, 0.3) is 0 Å². The van der Waals surface area contributed by atoms with Gasteiger partial charge in [0, 0.05) is 12.7 Å². The molecule has 17 heavy (non-hydrogen) atoms. The number of fused-ring (bicyclic) bond motifs is 1. The Hall–Kier alpha value is -1.80. The standard InChI is InChI=1S/C15H16O2/c1-3-13-14-7-5-4-6-12(14)8-9-15(13)17-11-10-16-2/h3-9H,1,10-11H2,2H3. The zero-order chi connectivity index (χ0) is 12.1. The van der Waals surface area contributed by atoms with E-state index in [-0.39, 0.29) is 0 Å². The third-order valence-corrected chi connectivity index (χ3v) is 2.68. The van der Waals surface area contributed by atoms with Crippen LogP contribution in [0.1, 0.15) is 5.56 Å². The van der Waals surface area contributed by atoms with Crippen LogP contribution in [0.25, 0.3) is 16.8 Å². The zero-order valence-corrected chi connectivity index (χ0v) is 9.98. The minimum Gasteiger partial charge on any atom is -0.491 e. The van der Waals surface area contributed by atoms with Gasteiger partial charge in [0.2, 0.25) is 0 Å². The fourth-order valence-electron chi connectivity index (χ4n) is 1.85. The van der Waals surface area contributed by atoms with Crippen LogP contribution in [0.5, 0.6) is 5.75 Å². The van der Waals surface area contributed by atoms with E-state index in [4.69, 9.17) is 9.47 Å². The maximum Gasteiger partial charge on any atom is 0.127 e. The third kappa shape index (κ3) is 2.48. The Morgan fingerprint density at radius 2 is 1.94 bits per heavy atom. The van der Waals surface area contributed by atoms with E-state index in [0.717, 1.165) is 16.7 Å². The highest BCUT2D eigenvalue weighted by atomic mass is 16.5. The summed E-state index contributed by atoms with van der Waals surface area (Å²) in [5.74, 6) is 0.857. The van der Waals surface area contributed by atoms with Crippen molar-refractivity contribution in [1.82, 2.24) is 0 Å². The van der Waals surface area contributed by atoms with E-state index in [0.29, 0.717) is 13.2 Å². The second kappa shape index (κ2) is 5.51. The molecule has 0 fully saturated rings. The fourth-order valence-corrected chi connectivity index (χ4v) is 1.85. The molecule has 0 aliphatic carbocycles. The Labute approximate surface area is 101 Å². The molecule has 0 spiro atoms. The van der Waals surface area contributed by atoms with Crippen molar-refractivity contribution in [3.8, 4) is 5.75 Å². The normalized spacial score (nSPS) is 10.4. The van der Waals surface area contributed by atoms with Gasteiger partial charge in [0.1, 0.15) is 12.4 Å². The lowest BCUT2D eigenvalue weighted by molar-refractivity contribution is 0.146. The Morgan fingerprint density at radius 1 is 1.12 bits per heavy atom. The average molecular weight is 228 g/mol. The van der Waals surface area contributed by atoms with Crippen molar-refractivity contribution in [2.24, 2.45) is 0 Å². The number of rotatable bonds is 5. The first-order valence-electron chi connectivity index (χ1n) is 5.62. The smallest absolute Gasteiger partial charge is 0.127 e. The lowest BCUT2D eigenvalue weighted by Crippen LogP contribution is -2.05. The highest BCUT2D eigenvalue weighted by Crippen LogP contribution is 2.28. The van der Waals surface area contributed by atoms with Gasteiger partial charge in [-0.1, -0.05) is 43.0 Å². The van der Waals surface area contributed by atoms with Gasteiger partial charge in [-0.05, 0) is 16.8 Å². The van der Waals surface area contributed by atoms with E-state index < -0.39 is 0 Å². The van der Waals surface area contributed by atoms with Crippen LogP contribution in [-0.4, -0.2) is 20.3 Å². The summed E-state index contributed by atoms with van der Waals surface area (Å²) in [4.78, 5) is 0. The van der Waals surface area contributed by atoms with E-state index in [1.165, 1.54) is 5.39 Å². The Balaban J connectivity index is 2.39. The van der Waals surface area contributed by atoms with E-state index in [1.807, 2.05) is 24.3 Å². The van der Waals surface area contributed by atoms with Gasteiger partial charge in [-0.15, -0.1) is 0 Å². The van der Waals surface area contributed by atoms with Crippen LogP contribution in [0.3, 0.4) is 0 Å². The number of hydrogen-bond donors (Lipinski definition) is 0. The topological polar surface area (TPSA) is 18.5 Å². The molecular formula is C15H16O2. The fraction of sp³-hybridized carbons (Fsp3) is 0.200. The maximum atomic E-state index is 5.68. The van der Waals surface area contributed by atoms with Gasteiger partial charge in [-0.3, -0.25) is 0 Å². The Morgan fingerprint density at radius 3 is 2.71 bits per heavy atom. The van der Waals surface area contributed by atoms with Crippen molar-refractivity contribution in [3.05, 3.63) is 48.5 Å². The van der Waals surface area contributed by atoms with E-state index in [2.05, 4.69) is 24.8 Å². The van der Waals surface area contributed by atoms with Gasteiger partial charge >= 0.3 is 0 Å². The summed E-state index contributed by atoms with van der Waals surface area (Å²) >= 11 is 0. The molecule has 0 N–H and O–H groups in total. The van der Waals surface area contributed by atoms with Crippen LogP contribution in [0.4, 0.5) is 0 Å². The van der Waals surface area contributed by atoms with Crippen molar-refractivity contribution < 1.29 is 9.47 Å². The van der Waals surface area contributed by atoms with Crippen LogP contribution in [0.15, 0.2) is 43.0 Å². The molecule has 0 saturated heterocycles. The highest BCUT2D eigenvalue weighted by molar-refractivity contribution is 5.92. The molecule has 0 radical (unpaired) electrons. The van der Waals surface area contributed by atoms with Crippen molar-refractivity contribution >= 4 is 16.8 Å². The molecule has 0 aliphatic heterocycles. The summed E-state index contributed by atoms with van der Waals surface area (Å²) in [5, 5.41) is 2.36. The average Bonchev–Trinajstić information content (AvgIpc) is 2.38. The van der Waals surface area contributed by atoms with E-state index >= 15 is 0 Å². The minimum atomic E-state index is 0.551. The van der Waals surface area contributed by atoms with Gasteiger partial charge in [-0.25, -0.2) is 0 Å². The first kappa shape index (κ1) is 11.7. The van der Waals surface area contributed by atoms with Crippen molar-refractivity contribution in [2.45, 2.75) is 0 Å². The second-order valence-corrected chi connectivity index (χ2v) is 3.74. The molecule has 2 nitrogen and oxygen atoms in total. The second-order valence-electron chi connectivity index (χ2n) is 3.74. The van der Waals surface area contributed by atoms with Crippen molar-refractivity contribution in [1.29, 1.82) is 0 Å². The summed E-state index contributed by atoms with van der Waals surface area (Å²) in [6.45, 7) is 5.00. The molecule has 0 unspecified atom stereocenters. The lowest BCUT2D eigenvalue weighted by Gasteiger charge is -2.11. The summed E-state index contributed by atoms with van der Waals surface area (Å²) in [6, 6.07) is 12.3. The van der Waals surface area contributed by atoms with Crippen LogP contribution in [0, 0.1) is 0 Å². The van der Waals surface area contributed by atoms with Crippen LogP contribution < -0.4 is 4.74 Å². The number of benzene rings is 2. The van der Waals surface area contributed by atoms with Crippen molar-refractivity contribution in [3.63, 3.8) is 0 Å². The molecule has 2 aromatic rings. The minimum absolute atomic E-state index is 0.551. The molecule has 0 amide bonds. The maximum absolute atomic E-state index is 5.68. The molecular weight excluding hydrogens is 212 g/mol. The largest absolute Gasteiger partial charge is 0.491 e. The molecule has 0 saturated carbocycles. The predicted octanol–water partition coefficient (Wildman–Crippen LogP) is 3.51.